The smallest absolute Gasteiger partial charge is 0.306 e. The van der Waals surface area contributed by atoms with Crippen LogP contribution >= 0.6 is 0 Å². The Hall–Kier alpha value is -4.46. The van der Waals surface area contributed by atoms with E-state index >= 15 is 0 Å². The van der Waals surface area contributed by atoms with Gasteiger partial charge in [-0.1, -0.05) is 26.0 Å². The summed E-state index contributed by atoms with van der Waals surface area (Å²) in [7, 11) is 10.2. The van der Waals surface area contributed by atoms with Crippen molar-refractivity contribution in [2.24, 2.45) is 0 Å². The molecular weight excluding hydrogens is 610 g/mol. The van der Waals surface area contributed by atoms with Crippen molar-refractivity contribution < 1.29 is 33.2 Å². The monoisotopic (exact) mass is 657 g/mol. The van der Waals surface area contributed by atoms with Crippen LogP contribution in [0.2, 0.25) is 0 Å². The molecule has 0 bridgehead atoms. The van der Waals surface area contributed by atoms with Crippen molar-refractivity contribution in [2.75, 3.05) is 55.7 Å². The minimum atomic E-state index is -0.523. The van der Waals surface area contributed by atoms with Gasteiger partial charge in [0.1, 0.15) is 18.4 Å². The molecule has 0 saturated heterocycles. The van der Waals surface area contributed by atoms with Crippen LogP contribution in [0.15, 0.2) is 48.5 Å². The average Bonchev–Trinajstić information content (AvgIpc) is 3.25. The number of ether oxygens (including phenoxy) is 6. The van der Waals surface area contributed by atoms with Gasteiger partial charge in [0, 0.05) is 12.1 Å². The van der Waals surface area contributed by atoms with E-state index < -0.39 is 12.1 Å². The Kier molecular flexibility index (Phi) is 11.0. The van der Waals surface area contributed by atoms with Crippen LogP contribution in [-0.2, 0) is 22.4 Å². The zero-order chi connectivity index (χ0) is 34.5. The minimum absolute atomic E-state index is 0.0615. The maximum Gasteiger partial charge on any atom is 0.306 e. The van der Waals surface area contributed by atoms with Crippen LogP contribution in [0.1, 0.15) is 66.1 Å². The van der Waals surface area contributed by atoms with Gasteiger partial charge in [-0.15, -0.1) is 0 Å². The number of esters is 1. The van der Waals surface area contributed by atoms with E-state index in [1.54, 1.807) is 35.5 Å². The lowest BCUT2D eigenvalue weighted by atomic mass is 9.83. The van der Waals surface area contributed by atoms with Crippen molar-refractivity contribution in [3.05, 3.63) is 76.3 Å². The molecule has 48 heavy (non-hydrogen) atoms. The van der Waals surface area contributed by atoms with Gasteiger partial charge in [-0.2, -0.15) is 5.26 Å². The van der Waals surface area contributed by atoms with Gasteiger partial charge in [-0.25, -0.2) is 0 Å². The van der Waals surface area contributed by atoms with Crippen LogP contribution in [-0.4, -0.2) is 83.6 Å². The number of hydrogen-bond donors (Lipinski definition) is 0. The number of rotatable bonds is 12. The predicted octanol–water partition coefficient (Wildman–Crippen LogP) is 5.88. The zero-order valence-electron chi connectivity index (χ0n) is 29.2. The Bertz CT molecular complexity index is 1650. The van der Waals surface area contributed by atoms with Crippen LogP contribution < -0.4 is 23.7 Å². The average molecular weight is 658 g/mol. The number of hydrogen-bond acceptors (Lipinski definition) is 10. The molecule has 0 aromatic heterocycles. The molecule has 1 unspecified atom stereocenters. The third-order valence-electron chi connectivity index (χ3n) is 9.99. The minimum Gasteiger partial charge on any atom is -0.497 e. The molecule has 0 radical (unpaired) electrons. The molecule has 0 saturated carbocycles. The summed E-state index contributed by atoms with van der Waals surface area (Å²) < 4.78 is 34.5. The van der Waals surface area contributed by atoms with Gasteiger partial charge >= 0.3 is 5.97 Å². The van der Waals surface area contributed by atoms with E-state index in [0.717, 1.165) is 40.1 Å². The maximum absolute atomic E-state index is 13.5. The topological polar surface area (TPSA) is 103 Å². The number of carbonyl (C=O) groups excluding carboxylic acids is 1. The fourth-order valence-corrected chi connectivity index (χ4v) is 7.24. The number of benzene rings is 3. The highest BCUT2D eigenvalue weighted by Crippen LogP contribution is 2.50. The molecule has 0 N–H and O–H groups in total. The second-order valence-electron chi connectivity index (χ2n) is 12.5. The lowest BCUT2D eigenvalue weighted by molar-refractivity contribution is -0.147. The number of nitriles is 1. The van der Waals surface area contributed by atoms with Crippen molar-refractivity contribution in [3.8, 4) is 34.8 Å². The fourth-order valence-electron chi connectivity index (χ4n) is 7.24. The standard InChI is InChI=1S/C38H47N3O7/c1-9-40(3)31-16-26-18-35(45-6)36(46-7)19-28(26)30-15-25-17-34(44-5)37(47-8)20-29(25)33(41(30)32(31)21-39)22-48-38(42)13-23(2)24-11-10-12-27(14-24)43-4/h10-12,14,17-20,23,30-33H,9,13,15-16,22H2,1-8H3/t23?,30-,31-,32-,33-/m0/s1. The summed E-state index contributed by atoms with van der Waals surface area (Å²) in [6.07, 6.45) is 1.44. The first kappa shape index (κ1) is 34.9. The molecule has 3 aromatic rings. The van der Waals surface area contributed by atoms with Crippen molar-refractivity contribution >= 4 is 5.97 Å². The molecular formula is C38H47N3O7. The van der Waals surface area contributed by atoms with E-state index in [1.807, 2.05) is 55.5 Å². The highest BCUT2D eigenvalue weighted by Gasteiger charge is 2.47. The van der Waals surface area contributed by atoms with Crippen molar-refractivity contribution in [2.45, 2.75) is 63.2 Å². The zero-order valence-corrected chi connectivity index (χ0v) is 29.2. The number of likely N-dealkylation sites (N-methyl/N-ethyl adjacent to an activating group) is 1. The fraction of sp³-hybridized carbons (Fsp3) is 0.474. The summed E-state index contributed by atoms with van der Waals surface area (Å²) in [5, 5.41) is 10.9. The highest BCUT2D eigenvalue weighted by atomic mass is 16.5. The second kappa shape index (κ2) is 15.2. The molecule has 256 valence electrons. The molecule has 0 fully saturated rings. The van der Waals surface area contributed by atoms with Gasteiger partial charge in [0.15, 0.2) is 23.0 Å². The van der Waals surface area contributed by atoms with E-state index in [0.29, 0.717) is 35.8 Å². The van der Waals surface area contributed by atoms with Gasteiger partial charge in [0.2, 0.25) is 0 Å². The molecule has 2 heterocycles. The Labute approximate surface area is 284 Å². The molecule has 0 amide bonds. The van der Waals surface area contributed by atoms with E-state index in [1.165, 1.54) is 0 Å². The third-order valence-corrected chi connectivity index (χ3v) is 9.99. The van der Waals surface area contributed by atoms with Gasteiger partial charge < -0.3 is 33.3 Å². The SMILES string of the molecule is CCN(C)[C@H]1Cc2cc(OC)c(OC)cc2[C@@H]2Cc3cc(OC)c(OC)cc3[C@H](COC(=O)CC(C)c3cccc(OC)c3)N2[C@H]1C#N. The predicted molar refractivity (Wildman–Crippen MR) is 182 cm³/mol. The summed E-state index contributed by atoms with van der Waals surface area (Å²) in [5.41, 5.74) is 5.13. The van der Waals surface area contributed by atoms with Crippen LogP contribution in [0.3, 0.4) is 0 Å². The number of nitrogens with zero attached hydrogens (tertiary/aromatic N) is 3. The van der Waals surface area contributed by atoms with E-state index in [2.05, 4.69) is 29.8 Å². The number of fused-ring (bicyclic) bond motifs is 4. The van der Waals surface area contributed by atoms with Gasteiger partial charge in [0.25, 0.3) is 0 Å². The normalized spacial score (nSPS) is 20.7. The second-order valence-corrected chi connectivity index (χ2v) is 12.5. The third kappa shape index (κ3) is 6.75. The van der Waals surface area contributed by atoms with Crippen molar-refractivity contribution in [3.63, 3.8) is 0 Å². The number of methoxy groups -OCH3 is 5. The lowest BCUT2D eigenvalue weighted by Crippen LogP contribution is -2.54. The highest BCUT2D eigenvalue weighted by molar-refractivity contribution is 5.70. The molecule has 3 aromatic carbocycles. The lowest BCUT2D eigenvalue weighted by Gasteiger charge is -2.47. The number of carbonyl (C=O) groups is 1. The Morgan fingerprint density at radius 3 is 2.08 bits per heavy atom. The summed E-state index contributed by atoms with van der Waals surface area (Å²) in [4.78, 5) is 18.0. The van der Waals surface area contributed by atoms with Gasteiger partial charge in [-0.3, -0.25) is 9.69 Å². The summed E-state index contributed by atoms with van der Waals surface area (Å²) in [6, 6.07) is 17.2. The maximum atomic E-state index is 13.5. The molecule has 2 aliphatic heterocycles. The molecule has 2 aliphatic rings. The first-order chi connectivity index (χ1) is 23.2. The van der Waals surface area contributed by atoms with Crippen LogP contribution in [0.4, 0.5) is 0 Å². The summed E-state index contributed by atoms with van der Waals surface area (Å²) in [5.74, 6) is 2.82. The molecule has 0 spiro atoms. The molecule has 10 heteroatoms. The molecule has 0 aliphatic carbocycles. The van der Waals surface area contributed by atoms with Gasteiger partial charge in [-0.05, 0) is 96.6 Å². The molecule has 5 rings (SSSR count). The van der Waals surface area contributed by atoms with E-state index in [-0.39, 0.29) is 37.0 Å². The van der Waals surface area contributed by atoms with Gasteiger partial charge in [0.05, 0.1) is 54.1 Å². The molecule has 5 atom stereocenters. The van der Waals surface area contributed by atoms with Crippen LogP contribution in [0.25, 0.3) is 0 Å². The van der Waals surface area contributed by atoms with Crippen LogP contribution in [0, 0.1) is 11.3 Å². The van der Waals surface area contributed by atoms with Crippen molar-refractivity contribution in [1.29, 1.82) is 5.26 Å². The Morgan fingerprint density at radius 2 is 1.50 bits per heavy atom. The molecule has 10 nitrogen and oxygen atoms in total. The summed E-state index contributed by atoms with van der Waals surface area (Å²) in [6.45, 7) is 4.92. The van der Waals surface area contributed by atoms with E-state index in [9.17, 15) is 10.1 Å². The quantitative estimate of drug-likeness (QED) is 0.220. The van der Waals surface area contributed by atoms with E-state index in [4.69, 9.17) is 28.4 Å². The first-order valence-corrected chi connectivity index (χ1v) is 16.4. The Morgan fingerprint density at radius 1 is 0.896 bits per heavy atom. The Balaban J connectivity index is 1.60. The summed E-state index contributed by atoms with van der Waals surface area (Å²) >= 11 is 0. The largest absolute Gasteiger partial charge is 0.497 e. The first-order valence-electron chi connectivity index (χ1n) is 16.4. The van der Waals surface area contributed by atoms with Crippen molar-refractivity contribution in [1.82, 2.24) is 9.80 Å². The van der Waals surface area contributed by atoms with Crippen LogP contribution in [0.5, 0.6) is 28.7 Å².